The Morgan fingerprint density at radius 1 is 1.26 bits per heavy atom. The average Bonchev–Trinajstić information content (AvgIpc) is 2.35. The molecule has 1 rings (SSSR count). The van der Waals surface area contributed by atoms with Crippen molar-refractivity contribution < 1.29 is 9.84 Å². The summed E-state index contributed by atoms with van der Waals surface area (Å²) in [6, 6.07) is 0.389. The second-order valence-corrected chi connectivity index (χ2v) is 6.44. The first-order chi connectivity index (χ1) is 8.97. The minimum Gasteiger partial charge on any atom is -0.389 e. The van der Waals surface area contributed by atoms with Crippen LogP contribution in [0.2, 0.25) is 0 Å². The smallest absolute Gasteiger partial charge is 0.0897 e. The maximum atomic E-state index is 9.91. The molecule has 4 nitrogen and oxygen atoms in total. The lowest BCUT2D eigenvalue weighted by Crippen LogP contribution is -2.41. The van der Waals surface area contributed by atoms with Crippen LogP contribution in [-0.4, -0.2) is 62.0 Å². The molecule has 0 aromatic rings. The summed E-state index contributed by atoms with van der Waals surface area (Å²) < 4.78 is 5.81. The molecule has 0 aromatic heterocycles. The van der Waals surface area contributed by atoms with Crippen LogP contribution in [0.25, 0.3) is 0 Å². The predicted molar refractivity (Wildman–Crippen MR) is 79.4 cm³/mol. The first-order valence-corrected chi connectivity index (χ1v) is 7.65. The van der Waals surface area contributed by atoms with Gasteiger partial charge in [0.1, 0.15) is 0 Å². The van der Waals surface area contributed by atoms with E-state index in [-0.39, 0.29) is 0 Å². The zero-order valence-corrected chi connectivity index (χ0v) is 13.1. The van der Waals surface area contributed by atoms with Gasteiger partial charge in [-0.1, -0.05) is 6.92 Å². The van der Waals surface area contributed by atoms with Crippen molar-refractivity contribution in [2.24, 2.45) is 5.92 Å². The Morgan fingerprint density at radius 3 is 2.47 bits per heavy atom. The Kier molecular flexibility index (Phi) is 7.91. The third-order valence-corrected chi connectivity index (χ3v) is 3.83. The fourth-order valence-electron chi connectivity index (χ4n) is 2.65. The normalized spacial score (nSPS) is 27.5. The Balaban J connectivity index is 2.06. The molecule has 4 heteroatoms. The number of aliphatic hydroxyl groups is 1. The van der Waals surface area contributed by atoms with Crippen LogP contribution >= 0.6 is 0 Å². The molecule has 0 bridgehead atoms. The molecule has 2 N–H and O–H groups in total. The predicted octanol–water partition coefficient (Wildman–Crippen LogP) is 1.48. The van der Waals surface area contributed by atoms with E-state index >= 15 is 0 Å². The van der Waals surface area contributed by atoms with Crippen molar-refractivity contribution in [3.05, 3.63) is 0 Å². The Morgan fingerprint density at radius 2 is 1.89 bits per heavy atom. The van der Waals surface area contributed by atoms with Gasteiger partial charge in [-0.25, -0.2) is 0 Å². The molecule has 1 aliphatic rings. The van der Waals surface area contributed by atoms with E-state index in [0.29, 0.717) is 25.3 Å². The van der Waals surface area contributed by atoms with Gasteiger partial charge >= 0.3 is 0 Å². The highest BCUT2D eigenvalue weighted by molar-refractivity contribution is 4.72. The monoisotopic (exact) mass is 272 g/mol. The number of aliphatic hydroxyl groups excluding tert-OH is 1. The van der Waals surface area contributed by atoms with Crippen LogP contribution in [0.1, 0.15) is 39.5 Å². The minimum atomic E-state index is -0.399. The van der Waals surface area contributed by atoms with Gasteiger partial charge in [0.2, 0.25) is 0 Å². The van der Waals surface area contributed by atoms with Crippen molar-refractivity contribution in [1.29, 1.82) is 0 Å². The molecule has 0 aliphatic heterocycles. The molecule has 0 spiro atoms. The molecular formula is C15H32N2O2. The lowest BCUT2D eigenvalue weighted by atomic mass is 9.89. The van der Waals surface area contributed by atoms with E-state index in [0.717, 1.165) is 25.3 Å². The van der Waals surface area contributed by atoms with Gasteiger partial charge in [-0.05, 0) is 52.6 Å². The van der Waals surface area contributed by atoms with Crippen molar-refractivity contribution in [2.75, 3.05) is 33.8 Å². The molecule has 19 heavy (non-hydrogen) atoms. The van der Waals surface area contributed by atoms with Gasteiger partial charge in [0.05, 0.1) is 18.8 Å². The molecule has 0 amide bonds. The van der Waals surface area contributed by atoms with Crippen LogP contribution in [0, 0.1) is 5.92 Å². The van der Waals surface area contributed by atoms with Gasteiger partial charge in [0.25, 0.3) is 0 Å². The molecule has 1 aliphatic carbocycles. The van der Waals surface area contributed by atoms with E-state index in [1.807, 2.05) is 0 Å². The van der Waals surface area contributed by atoms with Gasteiger partial charge in [-0.2, -0.15) is 0 Å². The summed E-state index contributed by atoms with van der Waals surface area (Å²) in [5, 5.41) is 13.3. The quantitative estimate of drug-likeness (QED) is 0.702. The molecule has 114 valence electrons. The van der Waals surface area contributed by atoms with E-state index in [9.17, 15) is 5.11 Å². The number of hydrogen-bond acceptors (Lipinski definition) is 4. The van der Waals surface area contributed by atoms with E-state index in [1.165, 1.54) is 12.8 Å². The molecule has 2 atom stereocenters. The minimum absolute atomic E-state index is 0.366. The fraction of sp³-hybridized carbons (Fsp3) is 1.00. The summed E-state index contributed by atoms with van der Waals surface area (Å²) in [6.07, 6.45) is 4.79. The second kappa shape index (κ2) is 8.90. The van der Waals surface area contributed by atoms with Crippen molar-refractivity contribution in [3.8, 4) is 0 Å². The molecule has 2 unspecified atom stereocenters. The van der Waals surface area contributed by atoms with Crippen LogP contribution < -0.4 is 5.32 Å². The van der Waals surface area contributed by atoms with Gasteiger partial charge < -0.3 is 20.1 Å². The zero-order valence-electron chi connectivity index (χ0n) is 13.1. The lowest BCUT2D eigenvalue weighted by Gasteiger charge is -2.27. The largest absolute Gasteiger partial charge is 0.389 e. The van der Waals surface area contributed by atoms with Crippen molar-refractivity contribution >= 4 is 0 Å². The third-order valence-electron chi connectivity index (χ3n) is 3.83. The molecule has 0 heterocycles. The fourth-order valence-corrected chi connectivity index (χ4v) is 2.65. The number of nitrogens with zero attached hydrogens (tertiary/aromatic N) is 1. The molecule has 1 fully saturated rings. The number of rotatable bonds is 8. The van der Waals surface area contributed by atoms with Gasteiger partial charge in [0.15, 0.2) is 0 Å². The van der Waals surface area contributed by atoms with Crippen molar-refractivity contribution in [1.82, 2.24) is 10.2 Å². The lowest BCUT2D eigenvalue weighted by molar-refractivity contribution is -0.0284. The number of hydrogen-bond donors (Lipinski definition) is 2. The summed E-state index contributed by atoms with van der Waals surface area (Å²) in [6.45, 7) is 6.49. The highest BCUT2D eigenvalue weighted by atomic mass is 16.5. The van der Waals surface area contributed by atoms with Crippen LogP contribution in [0.15, 0.2) is 0 Å². The third kappa shape index (κ3) is 7.88. The summed E-state index contributed by atoms with van der Waals surface area (Å²) >= 11 is 0. The van der Waals surface area contributed by atoms with E-state index in [2.05, 4.69) is 38.2 Å². The van der Waals surface area contributed by atoms with Crippen molar-refractivity contribution in [2.45, 2.75) is 57.8 Å². The van der Waals surface area contributed by atoms with Crippen LogP contribution in [-0.2, 0) is 4.74 Å². The van der Waals surface area contributed by atoms with Crippen LogP contribution in [0.3, 0.4) is 0 Å². The number of nitrogens with one attached hydrogen (secondary N) is 1. The van der Waals surface area contributed by atoms with Crippen LogP contribution in [0.5, 0.6) is 0 Å². The summed E-state index contributed by atoms with van der Waals surface area (Å²) in [5.74, 6) is 0.846. The molecular weight excluding hydrogens is 240 g/mol. The maximum Gasteiger partial charge on any atom is 0.0897 e. The van der Waals surface area contributed by atoms with Gasteiger partial charge in [-0.3, -0.25) is 0 Å². The molecule has 0 saturated heterocycles. The first-order valence-electron chi connectivity index (χ1n) is 7.65. The topological polar surface area (TPSA) is 44.7 Å². The van der Waals surface area contributed by atoms with Gasteiger partial charge in [-0.15, -0.1) is 0 Å². The highest BCUT2D eigenvalue weighted by Gasteiger charge is 2.19. The second-order valence-electron chi connectivity index (χ2n) is 6.44. The molecule has 1 saturated carbocycles. The number of likely N-dealkylation sites (N-methyl/N-ethyl adjacent to an activating group) is 1. The Hall–Kier alpha value is -0.160. The highest BCUT2D eigenvalue weighted by Crippen LogP contribution is 2.25. The standard InChI is InChI=1S/C15H32N2O2/c1-12-5-7-15(8-6-12)19-11-14(18)9-16-13(2)10-17(3)4/h12-16,18H,5-11H2,1-4H3. The van der Waals surface area contributed by atoms with Crippen LogP contribution in [0.4, 0.5) is 0 Å². The van der Waals surface area contributed by atoms with E-state index in [1.54, 1.807) is 0 Å². The Bertz CT molecular complexity index is 228. The Labute approximate surface area is 118 Å². The first kappa shape index (κ1) is 16.9. The number of ether oxygens (including phenoxy) is 1. The SMILES string of the molecule is CC1CCC(OCC(O)CNC(C)CN(C)C)CC1. The molecule has 0 radical (unpaired) electrons. The molecule has 0 aromatic carbocycles. The summed E-state index contributed by atoms with van der Waals surface area (Å²) in [5.41, 5.74) is 0. The zero-order chi connectivity index (χ0) is 14.3. The van der Waals surface area contributed by atoms with E-state index in [4.69, 9.17) is 4.74 Å². The average molecular weight is 272 g/mol. The van der Waals surface area contributed by atoms with Crippen molar-refractivity contribution in [3.63, 3.8) is 0 Å². The summed E-state index contributed by atoms with van der Waals surface area (Å²) in [7, 11) is 4.11. The summed E-state index contributed by atoms with van der Waals surface area (Å²) in [4.78, 5) is 2.14. The van der Waals surface area contributed by atoms with E-state index < -0.39 is 6.10 Å². The van der Waals surface area contributed by atoms with Gasteiger partial charge in [0, 0.05) is 19.1 Å². The maximum absolute atomic E-state index is 9.91.